The predicted octanol–water partition coefficient (Wildman–Crippen LogP) is 3.57. The normalized spacial score (nSPS) is 14.8. The van der Waals surface area contributed by atoms with Gasteiger partial charge in [0.05, 0.1) is 16.3 Å². The summed E-state index contributed by atoms with van der Waals surface area (Å²) in [5.74, 6) is 3.03. The van der Waals surface area contributed by atoms with Crippen LogP contribution in [0.1, 0.15) is 24.3 Å². The third-order valence-electron chi connectivity index (χ3n) is 3.55. The second-order valence-electron chi connectivity index (χ2n) is 5.08. The number of hydrogen-bond donors (Lipinski definition) is 0. The summed E-state index contributed by atoms with van der Waals surface area (Å²) >= 11 is 3.24. The molecule has 4 nitrogen and oxygen atoms in total. The minimum atomic E-state index is 0.247. The number of oxazole rings is 1. The van der Waals surface area contributed by atoms with E-state index in [4.69, 9.17) is 4.42 Å². The zero-order valence-corrected chi connectivity index (χ0v) is 13.6. The molecule has 0 aromatic carbocycles. The summed E-state index contributed by atoms with van der Waals surface area (Å²) in [7, 11) is 0. The molecule has 0 unspecified atom stereocenters. The molecule has 0 N–H and O–H groups in total. The van der Waals surface area contributed by atoms with E-state index in [0.717, 1.165) is 48.0 Å². The maximum Gasteiger partial charge on any atom is 0.236 e. The maximum atomic E-state index is 12.0. The summed E-state index contributed by atoms with van der Waals surface area (Å²) in [6, 6.07) is 3.99. The van der Waals surface area contributed by atoms with E-state index in [-0.39, 0.29) is 5.91 Å². The number of carbonyl (C=O) groups is 1. The van der Waals surface area contributed by atoms with Crippen molar-refractivity contribution in [2.24, 2.45) is 0 Å². The molecule has 1 saturated heterocycles. The highest BCUT2D eigenvalue weighted by Gasteiger charge is 2.18. The standard InChI is InChI=1S/C15H18N2O2S2/c1-11-12(16-15(19-11)13-5-4-8-21-13)9-20-10-14(18)17-6-2-3-7-17/h4-5,8H,2-3,6-7,9-10H2,1H3. The van der Waals surface area contributed by atoms with Gasteiger partial charge in [0, 0.05) is 18.8 Å². The zero-order valence-electron chi connectivity index (χ0n) is 12.0. The lowest BCUT2D eigenvalue weighted by Crippen LogP contribution is -2.29. The molecule has 0 spiro atoms. The third kappa shape index (κ3) is 3.49. The first-order valence-electron chi connectivity index (χ1n) is 7.10. The molecule has 0 bridgehead atoms. The molecule has 6 heteroatoms. The highest BCUT2D eigenvalue weighted by Crippen LogP contribution is 2.27. The Kier molecular flexibility index (Phi) is 4.65. The van der Waals surface area contributed by atoms with Crippen LogP contribution in [0.3, 0.4) is 0 Å². The van der Waals surface area contributed by atoms with Crippen LogP contribution >= 0.6 is 23.1 Å². The Morgan fingerprint density at radius 1 is 1.48 bits per heavy atom. The number of thioether (sulfide) groups is 1. The summed E-state index contributed by atoms with van der Waals surface area (Å²) in [5.41, 5.74) is 0.942. The first-order chi connectivity index (χ1) is 10.2. The van der Waals surface area contributed by atoms with Crippen LogP contribution in [0.25, 0.3) is 10.8 Å². The topological polar surface area (TPSA) is 46.3 Å². The third-order valence-corrected chi connectivity index (χ3v) is 5.33. The van der Waals surface area contributed by atoms with Gasteiger partial charge in [-0.1, -0.05) is 6.07 Å². The molecule has 0 atom stereocenters. The van der Waals surface area contributed by atoms with Gasteiger partial charge < -0.3 is 9.32 Å². The van der Waals surface area contributed by atoms with Gasteiger partial charge in [-0.2, -0.15) is 0 Å². The minimum Gasteiger partial charge on any atom is -0.440 e. The van der Waals surface area contributed by atoms with Crippen molar-refractivity contribution in [3.63, 3.8) is 0 Å². The number of rotatable bonds is 5. The highest BCUT2D eigenvalue weighted by atomic mass is 32.2. The zero-order chi connectivity index (χ0) is 14.7. The molecular formula is C15H18N2O2S2. The van der Waals surface area contributed by atoms with Crippen molar-refractivity contribution in [2.45, 2.75) is 25.5 Å². The van der Waals surface area contributed by atoms with Crippen LogP contribution in [0.5, 0.6) is 0 Å². The lowest BCUT2D eigenvalue weighted by Gasteiger charge is -2.14. The van der Waals surface area contributed by atoms with E-state index in [0.29, 0.717) is 11.6 Å². The Labute approximate surface area is 132 Å². The molecule has 1 fully saturated rings. The molecule has 0 radical (unpaired) electrons. The monoisotopic (exact) mass is 322 g/mol. The van der Waals surface area contributed by atoms with E-state index in [1.165, 1.54) is 0 Å². The van der Waals surface area contributed by atoms with Crippen LogP contribution in [-0.2, 0) is 10.5 Å². The van der Waals surface area contributed by atoms with Crippen LogP contribution in [-0.4, -0.2) is 34.6 Å². The molecule has 3 heterocycles. The van der Waals surface area contributed by atoms with Crippen LogP contribution in [0.4, 0.5) is 0 Å². The number of nitrogens with zero attached hydrogens (tertiary/aromatic N) is 2. The van der Waals surface area contributed by atoms with Gasteiger partial charge in [0.15, 0.2) is 0 Å². The van der Waals surface area contributed by atoms with Gasteiger partial charge in [-0.15, -0.1) is 23.1 Å². The summed E-state index contributed by atoms with van der Waals surface area (Å²) in [6.45, 7) is 3.78. The van der Waals surface area contributed by atoms with Crippen molar-refractivity contribution >= 4 is 29.0 Å². The number of likely N-dealkylation sites (tertiary alicyclic amines) is 1. The van der Waals surface area contributed by atoms with Crippen molar-refractivity contribution in [1.29, 1.82) is 0 Å². The van der Waals surface area contributed by atoms with E-state index in [9.17, 15) is 4.79 Å². The second-order valence-corrected chi connectivity index (χ2v) is 7.01. The largest absolute Gasteiger partial charge is 0.440 e. The Balaban J connectivity index is 1.54. The minimum absolute atomic E-state index is 0.247. The van der Waals surface area contributed by atoms with Gasteiger partial charge in [-0.25, -0.2) is 4.98 Å². The lowest BCUT2D eigenvalue weighted by atomic mass is 10.4. The highest BCUT2D eigenvalue weighted by molar-refractivity contribution is 7.99. The number of amides is 1. The lowest BCUT2D eigenvalue weighted by molar-refractivity contribution is -0.127. The maximum absolute atomic E-state index is 12.0. The summed E-state index contributed by atoms with van der Waals surface area (Å²) in [5, 5.41) is 2.01. The number of carbonyl (C=O) groups excluding carboxylic acids is 1. The fraction of sp³-hybridized carbons (Fsp3) is 0.467. The Hall–Kier alpha value is -1.27. The number of hydrogen-bond acceptors (Lipinski definition) is 5. The van der Waals surface area contributed by atoms with Crippen LogP contribution in [0.15, 0.2) is 21.9 Å². The molecule has 2 aromatic rings. The molecule has 3 rings (SSSR count). The molecular weight excluding hydrogens is 304 g/mol. The summed E-state index contributed by atoms with van der Waals surface area (Å²) in [6.07, 6.45) is 2.28. The van der Waals surface area contributed by atoms with Crippen LogP contribution in [0.2, 0.25) is 0 Å². The fourth-order valence-corrected chi connectivity index (χ4v) is 3.93. The summed E-state index contributed by atoms with van der Waals surface area (Å²) in [4.78, 5) is 19.5. The second kappa shape index (κ2) is 6.66. The van der Waals surface area contributed by atoms with E-state index >= 15 is 0 Å². The smallest absolute Gasteiger partial charge is 0.236 e. The van der Waals surface area contributed by atoms with E-state index < -0.39 is 0 Å². The Bertz CT molecular complexity index is 601. The van der Waals surface area contributed by atoms with Crippen molar-refractivity contribution in [3.05, 3.63) is 29.0 Å². The van der Waals surface area contributed by atoms with Crippen molar-refractivity contribution in [3.8, 4) is 10.8 Å². The molecule has 1 amide bonds. The summed E-state index contributed by atoms with van der Waals surface area (Å²) < 4.78 is 5.71. The van der Waals surface area contributed by atoms with Gasteiger partial charge in [0.2, 0.25) is 11.8 Å². The molecule has 21 heavy (non-hydrogen) atoms. The molecule has 1 aliphatic rings. The van der Waals surface area contributed by atoms with E-state index in [2.05, 4.69) is 4.98 Å². The number of thiophene rings is 1. The van der Waals surface area contributed by atoms with Gasteiger partial charge in [-0.05, 0) is 31.2 Å². The van der Waals surface area contributed by atoms with E-state index in [1.54, 1.807) is 23.1 Å². The molecule has 1 aliphatic heterocycles. The number of aromatic nitrogens is 1. The molecule has 112 valence electrons. The van der Waals surface area contributed by atoms with Gasteiger partial charge in [0.25, 0.3) is 0 Å². The van der Waals surface area contributed by atoms with E-state index in [1.807, 2.05) is 29.3 Å². The predicted molar refractivity (Wildman–Crippen MR) is 86.5 cm³/mol. The van der Waals surface area contributed by atoms with Gasteiger partial charge in [-0.3, -0.25) is 4.79 Å². The quantitative estimate of drug-likeness (QED) is 0.844. The first-order valence-corrected chi connectivity index (χ1v) is 9.13. The average molecular weight is 322 g/mol. The Morgan fingerprint density at radius 2 is 2.29 bits per heavy atom. The van der Waals surface area contributed by atoms with Gasteiger partial charge >= 0.3 is 0 Å². The van der Waals surface area contributed by atoms with Crippen molar-refractivity contribution in [2.75, 3.05) is 18.8 Å². The molecule has 2 aromatic heterocycles. The number of aryl methyl sites for hydroxylation is 1. The average Bonchev–Trinajstić information content (AvgIpc) is 3.20. The van der Waals surface area contributed by atoms with Crippen LogP contribution < -0.4 is 0 Å². The SMILES string of the molecule is Cc1oc(-c2cccs2)nc1CSCC(=O)N1CCCC1. The molecule has 0 aliphatic carbocycles. The molecule has 0 saturated carbocycles. The van der Waals surface area contributed by atoms with Crippen LogP contribution in [0, 0.1) is 6.92 Å². The van der Waals surface area contributed by atoms with Gasteiger partial charge in [0.1, 0.15) is 5.76 Å². The van der Waals surface area contributed by atoms with Crippen molar-refractivity contribution in [1.82, 2.24) is 9.88 Å². The Morgan fingerprint density at radius 3 is 3.00 bits per heavy atom. The first kappa shape index (κ1) is 14.7. The fourth-order valence-electron chi connectivity index (χ4n) is 2.36. The van der Waals surface area contributed by atoms with Crippen molar-refractivity contribution < 1.29 is 9.21 Å².